The molecule has 0 aromatic carbocycles. The summed E-state index contributed by atoms with van der Waals surface area (Å²) in [5.41, 5.74) is 1.95. The van der Waals surface area contributed by atoms with Crippen molar-refractivity contribution >= 4 is 11.3 Å². The van der Waals surface area contributed by atoms with Crippen LogP contribution in [0.3, 0.4) is 0 Å². The lowest BCUT2D eigenvalue weighted by atomic mass is 10.1. The normalized spacial score (nSPS) is 12.3. The largest absolute Gasteiger partial charge is 0.492 e. The molecule has 0 amide bonds. The molecule has 2 aromatic heterocycles. The van der Waals surface area contributed by atoms with E-state index in [0.717, 1.165) is 23.3 Å². The van der Waals surface area contributed by atoms with Crippen LogP contribution in [-0.4, -0.2) is 16.7 Å². The average Bonchev–Trinajstić information content (AvgIpc) is 2.89. The second-order valence-corrected chi connectivity index (χ2v) is 4.93. The van der Waals surface area contributed by atoms with Crippen molar-refractivity contribution in [2.45, 2.75) is 25.9 Å². The lowest BCUT2D eigenvalue weighted by molar-refractivity contribution is 0.177. The third-order valence-corrected chi connectivity index (χ3v) is 3.33. The average molecular weight is 263 g/mol. The van der Waals surface area contributed by atoms with Crippen molar-refractivity contribution in [1.29, 1.82) is 0 Å². The first kappa shape index (κ1) is 13.1. The molecule has 3 nitrogen and oxygen atoms in total. The molecule has 1 N–H and O–H groups in total. The van der Waals surface area contributed by atoms with E-state index in [2.05, 4.69) is 11.9 Å². The van der Waals surface area contributed by atoms with Crippen molar-refractivity contribution in [3.8, 4) is 5.75 Å². The summed E-state index contributed by atoms with van der Waals surface area (Å²) in [6, 6.07) is 3.89. The van der Waals surface area contributed by atoms with Crippen molar-refractivity contribution in [1.82, 2.24) is 4.98 Å². The van der Waals surface area contributed by atoms with E-state index in [-0.39, 0.29) is 0 Å². The molecule has 1 unspecified atom stereocenters. The van der Waals surface area contributed by atoms with Crippen LogP contribution in [0.2, 0.25) is 0 Å². The summed E-state index contributed by atoms with van der Waals surface area (Å²) in [5.74, 6) is 0.721. The summed E-state index contributed by atoms with van der Waals surface area (Å²) < 4.78 is 5.51. The number of rotatable bonds is 6. The van der Waals surface area contributed by atoms with Crippen LogP contribution >= 0.6 is 11.3 Å². The molecule has 0 saturated heterocycles. The molecule has 2 aromatic rings. The van der Waals surface area contributed by atoms with Gasteiger partial charge in [0.15, 0.2) is 0 Å². The van der Waals surface area contributed by atoms with Gasteiger partial charge in [-0.2, -0.15) is 11.3 Å². The number of aliphatic hydroxyl groups excluding tert-OH is 1. The minimum Gasteiger partial charge on any atom is -0.492 e. The van der Waals surface area contributed by atoms with Gasteiger partial charge in [-0.15, -0.1) is 0 Å². The lowest BCUT2D eigenvalue weighted by Crippen LogP contribution is -2.03. The minimum absolute atomic E-state index is 0.530. The molecule has 0 fully saturated rings. The highest BCUT2D eigenvalue weighted by molar-refractivity contribution is 7.07. The summed E-state index contributed by atoms with van der Waals surface area (Å²) in [4.78, 5) is 4.11. The molecule has 96 valence electrons. The van der Waals surface area contributed by atoms with E-state index in [1.165, 1.54) is 0 Å². The van der Waals surface area contributed by atoms with E-state index in [9.17, 15) is 5.11 Å². The monoisotopic (exact) mass is 263 g/mol. The molecule has 0 aliphatic rings. The van der Waals surface area contributed by atoms with E-state index >= 15 is 0 Å². The number of hydrogen-bond acceptors (Lipinski definition) is 4. The van der Waals surface area contributed by atoms with Gasteiger partial charge >= 0.3 is 0 Å². The predicted octanol–water partition coefficient (Wildman–Crippen LogP) is 3.21. The molecule has 0 radical (unpaired) electrons. The first-order valence-electron chi connectivity index (χ1n) is 6.06. The zero-order chi connectivity index (χ0) is 12.8. The molecule has 0 aliphatic carbocycles. The van der Waals surface area contributed by atoms with Crippen LogP contribution in [-0.2, 0) is 6.42 Å². The fourth-order valence-electron chi connectivity index (χ4n) is 1.67. The quantitative estimate of drug-likeness (QED) is 0.870. The standard InChI is InChI=1S/C14H17NO2S/c1-2-4-17-13-7-12(8-15-9-13)14(16)6-11-3-5-18-10-11/h3,5,7-10,14,16H,2,4,6H2,1H3. The van der Waals surface area contributed by atoms with Crippen LogP contribution in [0.15, 0.2) is 35.3 Å². The second kappa shape index (κ2) is 6.52. The Balaban J connectivity index is 2.03. The molecule has 2 heterocycles. The second-order valence-electron chi connectivity index (χ2n) is 4.15. The third kappa shape index (κ3) is 3.55. The van der Waals surface area contributed by atoms with E-state index in [1.54, 1.807) is 23.7 Å². The van der Waals surface area contributed by atoms with Gasteiger partial charge in [0.25, 0.3) is 0 Å². The zero-order valence-corrected chi connectivity index (χ0v) is 11.2. The molecule has 18 heavy (non-hydrogen) atoms. The molecule has 0 aliphatic heterocycles. The van der Waals surface area contributed by atoms with Gasteiger partial charge < -0.3 is 9.84 Å². The van der Waals surface area contributed by atoms with Crippen molar-refractivity contribution in [2.75, 3.05) is 6.61 Å². The van der Waals surface area contributed by atoms with Crippen LogP contribution in [0.4, 0.5) is 0 Å². The van der Waals surface area contributed by atoms with Gasteiger partial charge in [-0.05, 0) is 34.9 Å². The van der Waals surface area contributed by atoms with E-state index in [0.29, 0.717) is 13.0 Å². The van der Waals surface area contributed by atoms with E-state index < -0.39 is 6.10 Å². The predicted molar refractivity (Wildman–Crippen MR) is 73.0 cm³/mol. The Kier molecular flexibility index (Phi) is 4.73. The Hall–Kier alpha value is -1.39. The molecular formula is C14H17NO2S. The summed E-state index contributed by atoms with van der Waals surface area (Å²) >= 11 is 1.64. The van der Waals surface area contributed by atoms with E-state index in [4.69, 9.17) is 4.74 Å². The maximum absolute atomic E-state index is 10.2. The van der Waals surface area contributed by atoms with Crippen LogP contribution in [0.5, 0.6) is 5.75 Å². The smallest absolute Gasteiger partial charge is 0.137 e. The van der Waals surface area contributed by atoms with Crippen LogP contribution in [0.1, 0.15) is 30.6 Å². The molecule has 0 bridgehead atoms. The van der Waals surface area contributed by atoms with Crippen molar-refractivity contribution in [3.63, 3.8) is 0 Å². The van der Waals surface area contributed by atoms with Gasteiger partial charge in [0.1, 0.15) is 5.75 Å². The number of aromatic nitrogens is 1. The lowest BCUT2D eigenvalue weighted by Gasteiger charge is -2.11. The fourth-order valence-corrected chi connectivity index (χ4v) is 2.35. The Labute approximate surface area is 111 Å². The van der Waals surface area contributed by atoms with Crippen molar-refractivity contribution in [3.05, 3.63) is 46.4 Å². The maximum atomic E-state index is 10.2. The maximum Gasteiger partial charge on any atom is 0.137 e. The number of pyridine rings is 1. The van der Waals surface area contributed by atoms with Crippen LogP contribution < -0.4 is 4.74 Å². The summed E-state index contributed by atoms with van der Waals surface area (Å²) in [6.45, 7) is 2.73. The Morgan fingerprint density at radius 3 is 3.06 bits per heavy atom. The Morgan fingerprint density at radius 2 is 2.33 bits per heavy atom. The molecular weight excluding hydrogens is 246 g/mol. The number of aliphatic hydroxyl groups is 1. The summed E-state index contributed by atoms with van der Waals surface area (Å²) in [6.07, 6.45) is 4.41. The first-order valence-corrected chi connectivity index (χ1v) is 7.00. The molecule has 2 rings (SSSR count). The highest BCUT2D eigenvalue weighted by Crippen LogP contribution is 2.22. The number of ether oxygens (including phenoxy) is 1. The van der Waals surface area contributed by atoms with Gasteiger partial charge in [0, 0.05) is 18.2 Å². The van der Waals surface area contributed by atoms with Crippen molar-refractivity contribution < 1.29 is 9.84 Å². The molecule has 0 spiro atoms. The molecule has 1 atom stereocenters. The van der Waals surface area contributed by atoms with Gasteiger partial charge in [-0.3, -0.25) is 4.98 Å². The third-order valence-electron chi connectivity index (χ3n) is 2.60. The topological polar surface area (TPSA) is 42.4 Å². The Bertz CT molecular complexity index is 470. The van der Waals surface area contributed by atoms with Gasteiger partial charge in [0.2, 0.25) is 0 Å². The highest BCUT2D eigenvalue weighted by atomic mass is 32.1. The fraction of sp³-hybridized carbons (Fsp3) is 0.357. The first-order chi connectivity index (χ1) is 8.79. The van der Waals surface area contributed by atoms with Crippen LogP contribution in [0.25, 0.3) is 0 Å². The van der Waals surface area contributed by atoms with Gasteiger partial charge in [-0.25, -0.2) is 0 Å². The number of thiophene rings is 1. The van der Waals surface area contributed by atoms with Crippen LogP contribution in [0, 0.1) is 0 Å². The van der Waals surface area contributed by atoms with Gasteiger partial charge in [-0.1, -0.05) is 6.92 Å². The SMILES string of the molecule is CCCOc1cncc(C(O)Cc2ccsc2)c1. The molecule has 4 heteroatoms. The number of hydrogen-bond donors (Lipinski definition) is 1. The van der Waals surface area contributed by atoms with Crippen molar-refractivity contribution in [2.24, 2.45) is 0 Å². The number of nitrogens with zero attached hydrogens (tertiary/aromatic N) is 1. The summed E-state index contributed by atoms with van der Waals surface area (Å²) in [5, 5.41) is 14.2. The minimum atomic E-state index is -0.530. The summed E-state index contributed by atoms with van der Waals surface area (Å²) in [7, 11) is 0. The molecule has 0 saturated carbocycles. The van der Waals surface area contributed by atoms with E-state index in [1.807, 2.05) is 22.9 Å². The Morgan fingerprint density at radius 1 is 1.44 bits per heavy atom. The zero-order valence-electron chi connectivity index (χ0n) is 10.4. The highest BCUT2D eigenvalue weighted by Gasteiger charge is 2.10. The van der Waals surface area contributed by atoms with Gasteiger partial charge in [0.05, 0.1) is 18.9 Å².